The van der Waals surface area contributed by atoms with Gasteiger partial charge < -0.3 is 9.47 Å². The van der Waals surface area contributed by atoms with Crippen LogP contribution in [0.1, 0.15) is 11.1 Å². The van der Waals surface area contributed by atoms with Crippen molar-refractivity contribution in [2.45, 2.75) is 13.0 Å². The van der Waals surface area contributed by atoms with E-state index < -0.39 is 0 Å². The zero-order chi connectivity index (χ0) is 13.8. The van der Waals surface area contributed by atoms with Gasteiger partial charge in [-0.25, -0.2) is 0 Å². The molecule has 3 nitrogen and oxygen atoms in total. The SMILES string of the molecule is Cc1ccc(C=NCC2COc3ccccc3O2)cc1. The molecule has 0 fully saturated rings. The standard InChI is InChI=1S/C17H17NO2/c1-13-6-8-14(9-7-13)10-18-11-15-12-19-16-4-2-3-5-17(16)20-15/h2-10,15H,11-12H2,1H3. The summed E-state index contributed by atoms with van der Waals surface area (Å²) in [5.74, 6) is 1.61. The van der Waals surface area contributed by atoms with Gasteiger partial charge in [0.2, 0.25) is 0 Å². The number of hydrogen-bond acceptors (Lipinski definition) is 3. The second-order valence-corrected chi connectivity index (χ2v) is 4.90. The summed E-state index contributed by atoms with van der Waals surface area (Å²) in [6.07, 6.45) is 1.86. The number of hydrogen-bond donors (Lipinski definition) is 0. The maximum atomic E-state index is 5.85. The van der Waals surface area contributed by atoms with Crippen molar-refractivity contribution in [3.63, 3.8) is 0 Å². The third kappa shape index (κ3) is 2.99. The fourth-order valence-corrected chi connectivity index (χ4v) is 2.08. The molecule has 0 amide bonds. The van der Waals surface area contributed by atoms with Crippen molar-refractivity contribution < 1.29 is 9.47 Å². The molecule has 0 saturated heterocycles. The quantitative estimate of drug-likeness (QED) is 0.799. The van der Waals surface area contributed by atoms with E-state index in [1.165, 1.54) is 5.56 Å². The molecular formula is C17H17NO2. The highest BCUT2D eigenvalue weighted by Crippen LogP contribution is 2.30. The highest BCUT2D eigenvalue weighted by Gasteiger charge is 2.19. The molecule has 1 unspecified atom stereocenters. The lowest BCUT2D eigenvalue weighted by Crippen LogP contribution is -2.31. The van der Waals surface area contributed by atoms with Crippen LogP contribution in [0.25, 0.3) is 0 Å². The highest BCUT2D eigenvalue weighted by molar-refractivity contribution is 5.79. The second-order valence-electron chi connectivity index (χ2n) is 4.90. The van der Waals surface area contributed by atoms with Crippen molar-refractivity contribution in [2.24, 2.45) is 4.99 Å². The lowest BCUT2D eigenvalue weighted by molar-refractivity contribution is 0.0973. The first-order chi connectivity index (χ1) is 9.81. The summed E-state index contributed by atoms with van der Waals surface area (Å²) >= 11 is 0. The first kappa shape index (κ1) is 12.7. The van der Waals surface area contributed by atoms with Crippen LogP contribution in [0.5, 0.6) is 11.5 Å². The molecule has 1 aliphatic rings. The van der Waals surface area contributed by atoms with E-state index in [2.05, 4.69) is 36.2 Å². The Hall–Kier alpha value is -2.29. The van der Waals surface area contributed by atoms with Crippen LogP contribution in [0.4, 0.5) is 0 Å². The normalized spacial score (nSPS) is 17.4. The second kappa shape index (κ2) is 5.78. The number of benzene rings is 2. The van der Waals surface area contributed by atoms with Gasteiger partial charge >= 0.3 is 0 Å². The highest BCUT2D eigenvalue weighted by atomic mass is 16.6. The number of ether oxygens (including phenoxy) is 2. The smallest absolute Gasteiger partial charge is 0.161 e. The Morgan fingerprint density at radius 1 is 1.10 bits per heavy atom. The monoisotopic (exact) mass is 267 g/mol. The number of aryl methyl sites for hydroxylation is 1. The molecule has 102 valence electrons. The number of para-hydroxylation sites is 2. The van der Waals surface area contributed by atoms with Crippen LogP contribution in [-0.2, 0) is 0 Å². The van der Waals surface area contributed by atoms with Gasteiger partial charge in [-0.2, -0.15) is 0 Å². The summed E-state index contributed by atoms with van der Waals surface area (Å²) in [6, 6.07) is 16.0. The van der Waals surface area contributed by atoms with E-state index in [4.69, 9.17) is 9.47 Å². The molecule has 0 aliphatic carbocycles. The van der Waals surface area contributed by atoms with Crippen molar-refractivity contribution in [1.29, 1.82) is 0 Å². The molecule has 2 aromatic carbocycles. The summed E-state index contributed by atoms with van der Waals surface area (Å²) in [5, 5.41) is 0. The summed E-state index contributed by atoms with van der Waals surface area (Å²) in [4.78, 5) is 4.44. The Kier molecular flexibility index (Phi) is 3.68. The van der Waals surface area contributed by atoms with Crippen molar-refractivity contribution >= 4 is 6.21 Å². The molecule has 2 aromatic rings. The minimum absolute atomic E-state index is 0.0217. The van der Waals surface area contributed by atoms with Crippen LogP contribution >= 0.6 is 0 Å². The van der Waals surface area contributed by atoms with Crippen molar-refractivity contribution in [3.8, 4) is 11.5 Å². The Balaban J connectivity index is 1.59. The topological polar surface area (TPSA) is 30.8 Å². The van der Waals surface area contributed by atoms with E-state index in [0.29, 0.717) is 13.2 Å². The van der Waals surface area contributed by atoms with Gasteiger partial charge in [-0.05, 0) is 24.6 Å². The number of fused-ring (bicyclic) bond motifs is 1. The first-order valence-electron chi connectivity index (χ1n) is 6.76. The molecule has 1 heterocycles. The van der Waals surface area contributed by atoms with Gasteiger partial charge in [0.1, 0.15) is 6.61 Å². The van der Waals surface area contributed by atoms with Gasteiger partial charge in [0.25, 0.3) is 0 Å². The molecule has 3 rings (SSSR count). The van der Waals surface area contributed by atoms with Crippen LogP contribution < -0.4 is 9.47 Å². The lowest BCUT2D eigenvalue weighted by atomic mass is 10.2. The fraction of sp³-hybridized carbons (Fsp3) is 0.235. The maximum Gasteiger partial charge on any atom is 0.161 e. The fourth-order valence-electron chi connectivity index (χ4n) is 2.08. The summed E-state index contributed by atoms with van der Waals surface area (Å²) in [5.41, 5.74) is 2.36. The predicted molar refractivity (Wildman–Crippen MR) is 80.0 cm³/mol. The molecule has 1 atom stereocenters. The summed E-state index contributed by atoms with van der Waals surface area (Å²) < 4.78 is 11.5. The van der Waals surface area contributed by atoms with Gasteiger partial charge in [0.15, 0.2) is 17.6 Å². The Bertz CT molecular complexity index is 605. The van der Waals surface area contributed by atoms with Gasteiger partial charge in [-0.1, -0.05) is 42.0 Å². The van der Waals surface area contributed by atoms with Crippen LogP contribution in [0, 0.1) is 6.92 Å². The molecule has 0 N–H and O–H groups in total. The van der Waals surface area contributed by atoms with Crippen molar-refractivity contribution in [2.75, 3.05) is 13.2 Å². The molecule has 1 aliphatic heterocycles. The van der Waals surface area contributed by atoms with Crippen LogP contribution in [0.15, 0.2) is 53.5 Å². The Morgan fingerprint density at radius 3 is 2.65 bits per heavy atom. The molecule has 0 saturated carbocycles. The minimum atomic E-state index is -0.0217. The Morgan fingerprint density at radius 2 is 1.85 bits per heavy atom. The molecule has 3 heteroatoms. The summed E-state index contributed by atoms with van der Waals surface area (Å²) in [6.45, 7) is 3.22. The van der Waals surface area contributed by atoms with E-state index in [1.807, 2.05) is 30.5 Å². The lowest BCUT2D eigenvalue weighted by Gasteiger charge is -2.25. The molecular weight excluding hydrogens is 250 g/mol. The maximum absolute atomic E-state index is 5.85. The third-order valence-corrected chi connectivity index (χ3v) is 3.19. The van der Waals surface area contributed by atoms with E-state index in [-0.39, 0.29) is 6.10 Å². The molecule has 0 aromatic heterocycles. The van der Waals surface area contributed by atoms with Gasteiger partial charge in [0, 0.05) is 6.21 Å². The zero-order valence-corrected chi connectivity index (χ0v) is 11.5. The molecule has 0 radical (unpaired) electrons. The van der Waals surface area contributed by atoms with Gasteiger partial charge in [-0.3, -0.25) is 4.99 Å². The third-order valence-electron chi connectivity index (χ3n) is 3.19. The number of aliphatic imine (C=N–C) groups is 1. The number of nitrogens with zero attached hydrogens (tertiary/aromatic N) is 1. The predicted octanol–water partition coefficient (Wildman–Crippen LogP) is 3.25. The van der Waals surface area contributed by atoms with Crippen LogP contribution in [-0.4, -0.2) is 25.5 Å². The Labute approximate surface area is 118 Å². The van der Waals surface area contributed by atoms with Crippen molar-refractivity contribution in [3.05, 3.63) is 59.7 Å². The van der Waals surface area contributed by atoms with E-state index >= 15 is 0 Å². The van der Waals surface area contributed by atoms with Crippen LogP contribution in [0.2, 0.25) is 0 Å². The molecule has 20 heavy (non-hydrogen) atoms. The van der Waals surface area contributed by atoms with Gasteiger partial charge in [0.05, 0.1) is 6.54 Å². The average molecular weight is 267 g/mol. The van der Waals surface area contributed by atoms with E-state index in [0.717, 1.165) is 17.1 Å². The average Bonchev–Trinajstić information content (AvgIpc) is 2.49. The molecule has 0 spiro atoms. The minimum Gasteiger partial charge on any atom is -0.486 e. The largest absolute Gasteiger partial charge is 0.486 e. The van der Waals surface area contributed by atoms with Gasteiger partial charge in [-0.15, -0.1) is 0 Å². The first-order valence-corrected chi connectivity index (χ1v) is 6.76. The number of rotatable bonds is 3. The molecule has 0 bridgehead atoms. The van der Waals surface area contributed by atoms with E-state index in [9.17, 15) is 0 Å². The van der Waals surface area contributed by atoms with Crippen molar-refractivity contribution in [1.82, 2.24) is 0 Å². The van der Waals surface area contributed by atoms with E-state index in [1.54, 1.807) is 0 Å². The van der Waals surface area contributed by atoms with Crippen LogP contribution in [0.3, 0.4) is 0 Å². The zero-order valence-electron chi connectivity index (χ0n) is 11.5. The summed E-state index contributed by atoms with van der Waals surface area (Å²) in [7, 11) is 0.